The van der Waals surface area contributed by atoms with Gasteiger partial charge in [-0.25, -0.2) is 0 Å². The third-order valence-corrected chi connectivity index (χ3v) is 2.31. The van der Waals surface area contributed by atoms with Crippen LogP contribution < -0.4 is 0 Å². The molecule has 1 atom stereocenters. The lowest BCUT2D eigenvalue weighted by atomic mass is 10.3. The molecule has 66 valence electrons. The maximum atomic E-state index is 10.2. The Balaban J connectivity index is 2.58. The van der Waals surface area contributed by atoms with Crippen LogP contribution in [0.25, 0.3) is 0 Å². The number of alkyl halides is 1. The van der Waals surface area contributed by atoms with Crippen LogP contribution in [-0.2, 0) is 6.42 Å². The molecule has 1 unspecified atom stereocenters. The average molecular weight is 299 g/mol. The van der Waals surface area contributed by atoms with E-state index in [1.165, 1.54) is 0 Å². The molecule has 0 aliphatic carbocycles. The fraction of sp³-hybridized carbons (Fsp3) is 0.333. The first-order valence-corrected chi connectivity index (χ1v) is 4.82. The molecule has 0 fully saturated rings. The number of furan rings is 1. The van der Waals surface area contributed by atoms with Crippen LogP contribution >= 0.6 is 31.9 Å². The van der Waals surface area contributed by atoms with Crippen LogP contribution in [0.1, 0.15) is 5.76 Å². The molecule has 1 aromatic rings. The summed E-state index contributed by atoms with van der Waals surface area (Å²) in [5, 5.41) is 10.2. The Bertz CT molecular complexity index is 286. The number of halogens is 2. The quantitative estimate of drug-likeness (QED) is 0.373. The van der Waals surface area contributed by atoms with Gasteiger partial charge in [0.2, 0.25) is 0 Å². The third-order valence-electron chi connectivity index (χ3n) is 1.23. The van der Waals surface area contributed by atoms with Crippen LogP contribution in [0.2, 0.25) is 0 Å². The Morgan fingerprint density at radius 3 is 2.75 bits per heavy atom. The summed E-state index contributed by atoms with van der Waals surface area (Å²) >= 11 is 6.02. The van der Waals surface area contributed by atoms with Crippen molar-refractivity contribution >= 4 is 31.9 Å². The minimum absolute atomic E-state index is 0.249. The Hall–Kier alpha value is -0.360. The van der Waals surface area contributed by atoms with Crippen molar-refractivity contribution in [3.63, 3.8) is 0 Å². The monoisotopic (exact) mass is 297 g/mol. The van der Waals surface area contributed by atoms with E-state index in [2.05, 4.69) is 31.9 Å². The summed E-state index contributed by atoms with van der Waals surface area (Å²) in [6.45, 7) is 0. The maximum absolute atomic E-state index is 10.2. The zero-order chi connectivity index (χ0) is 9.14. The summed E-state index contributed by atoms with van der Waals surface area (Å²) in [7, 11) is 0. The number of nitrogens with zero attached hydrogens (tertiary/aromatic N) is 1. The molecule has 0 amide bonds. The molecule has 12 heavy (non-hydrogen) atoms. The second-order valence-corrected chi connectivity index (χ2v) is 3.97. The van der Waals surface area contributed by atoms with Crippen molar-refractivity contribution in [3.8, 4) is 0 Å². The number of rotatable bonds is 3. The summed E-state index contributed by atoms with van der Waals surface area (Å²) in [5.74, 6) is 0.584. The molecule has 0 aliphatic rings. The summed E-state index contributed by atoms with van der Waals surface area (Å²) in [6.07, 6.45) is 0.249. The zero-order valence-corrected chi connectivity index (χ0v) is 9.04. The van der Waals surface area contributed by atoms with Gasteiger partial charge < -0.3 is 4.42 Å². The second-order valence-electron chi connectivity index (χ2n) is 2.13. The largest absolute Gasteiger partial charge is 0.454 e. The second kappa shape index (κ2) is 4.04. The molecule has 6 heteroatoms. The topological polar surface area (TPSA) is 56.3 Å². The molecule has 0 radical (unpaired) electrons. The molecule has 4 nitrogen and oxygen atoms in total. The van der Waals surface area contributed by atoms with Crippen molar-refractivity contribution in [1.29, 1.82) is 0 Å². The van der Waals surface area contributed by atoms with Crippen LogP contribution in [-0.4, -0.2) is 9.87 Å². The minimum Gasteiger partial charge on any atom is -0.454 e. The van der Waals surface area contributed by atoms with E-state index in [0.717, 1.165) is 0 Å². The van der Waals surface area contributed by atoms with Gasteiger partial charge in [-0.2, -0.15) is 0 Å². The highest BCUT2D eigenvalue weighted by molar-refractivity contribution is 9.10. The lowest BCUT2D eigenvalue weighted by Gasteiger charge is -1.97. The summed E-state index contributed by atoms with van der Waals surface area (Å²) in [5.41, 5.74) is 0. The molecule has 0 aliphatic heterocycles. The fourth-order valence-corrected chi connectivity index (χ4v) is 1.36. The van der Waals surface area contributed by atoms with Crippen LogP contribution in [0.3, 0.4) is 0 Å². The normalized spacial score (nSPS) is 12.8. The predicted octanol–water partition coefficient (Wildman–Crippen LogP) is 2.58. The van der Waals surface area contributed by atoms with Crippen molar-refractivity contribution in [2.75, 3.05) is 0 Å². The minimum atomic E-state index is -0.782. The molecule has 0 saturated carbocycles. The Morgan fingerprint density at radius 1 is 1.67 bits per heavy atom. The molecule has 1 heterocycles. The van der Waals surface area contributed by atoms with E-state index in [1.807, 2.05) is 0 Å². The molecule has 0 saturated heterocycles. The van der Waals surface area contributed by atoms with Crippen molar-refractivity contribution in [1.82, 2.24) is 0 Å². The van der Waals surface area contributed by atoms with Gasteiger partial charge in [-0.3, -0.25) is 10.1 Å². The van der Waals surface area contributed by atoms with Crippen LogP contribution in [0, 0.1) is 10.1 Å². The molecule has 0 spiro atoms. The van der Waals surface area contributed by atoms with Gasteiger partial charge in [0.1, 0.15) is 5.76 Å². The van der Waals surface area contributed by atoms with Crippen LogP contribution in [0.4, 0.5) is 0 Å². The van der Waals surface area contributed by atoms with E-state index in [9.17, 15) is 10.1 Å². The van der Waals surface area contributed by atoms with E-state index in [4.69, 9.17) is 4.42 Å². The van der Waals surface area contributed by atoms with E-state index in [0.29, 0.717) is 10.4 Å². The first kappa shape index (κ1) is 9.73. The van der Waals surface area contributed by atoms with Crippen molar-refractivity contribution in [2.24, 2.45) is 0 Å². The highest BCUT2D eigenvalue weighted by atomic mass is 79.9. The van der Waals surface area contributed by atoms with Crippen LogP contribution in [0.15, 0.2) is 21.2 Å². The Morgan fingerprint density at radius 2 is 2.33 bits per heavy atom. The van der Waals surface area contributed by atoms with Gasteiger partial charge in [0, 0.05) is 4.92 Å². The van der Waals surface area contributed by atoms with Gasteiger partial charge in [-0.05, 0) is 44.0 Å². The standard InChI is InChI=1S/C6H5Br2NO3/c7-5(9(10)11)3-4-1-2-6(8)12-4/h1-2,5H,3H2. The van der Waals surface area contributed by atoms with E-state index in [-0.39, 0.29) is 6.42 Å². The summed E-state index contributed by atoms with van der Waals surface area (Å²) < 4.78 is 5.67. The van der Waals surface area contributed by atoms with Gasteiger partial charge >= 0.3 is 0 Å². The van der Waals surface area contributed by atoms with Crippen molar-refractivity contribution < 1.29 is 9.34 Å². The smallest absolute Gasteiger partial charge is 0.272 e. The summed E-state index contributed by atoms with van der Waals surface area (Å²) in [4.78, 5) is 9.03. The van der Waals surface area contributed by atoms with Gasteiger partial charge in [0.05, 0.1) is 6.42 Å². The molecule has 0 N–H and O–H groups in total. The maximum Gasteiger partial charge on any atom is 0.272 e. The predicted molar refractivity (Wildman–Crippen MR) is 49.8 cm³/mol. The van der Waals surface area contributed by atoms with E-state index < -0.39 is 9.87 Å². The molecule has 1 aromatic heterocycles. The molecule has 1 rings (SSSR count). The lowest BCUT2D eigenvalue weighted by Crippen LogP contribution is -2.13. The summed E-state index contributed by atoms with van der Waals surface area (Å²) in [6, 6.07) is 3.40. The fourth-order valence-electron chi connectivity index (χ4n) is 0.702. The van der Waals surface area contributed by atoms with Gasteiger partial charge in [-0.15, -0.1) is 0 Å². The lowest BCUT2D eigenvalue weighted by molar-refractivity contribution is -0.492. The zero-order valence-electron chi connectivity index (χ0n) is 5.87. The van der Waals surface area contributed by atoms with E-state index in [1.54, 1.807) is 12.1 Å². The van der Waals surface area contributed by atoms with E-state index >= 15 is 0 Å². The number of hydrogen-bond acceptors (Lipinski definition) is 3. The van der Waals surface area contributed by atoms with Gasteiger partial charge in [0.25, 0.3) is 4.95 Å². The Labute approximate surface area is 85.3 Å². The first-order chi connectivity index (χ1) is 5.59. The number of nitro groups is 1. The average Bonchev–Trinajstić information content (AvgIpc) is 2.35. The molecular weight excluding hydrogens is 294 g/mol. The van der Waals surface area contributed by atoms with Crippen molar-refractivity contribution in [3.05, 3.63) is 32.7 Å². The molecule has 0 bridgehead atoms. The highest BCUT2D eigenvalue weighted by Gasteiger charge is 2.17. The molecular formula is C6H5Br2NO3. The molecule has 0 aromatic carbocycles. The van der Waals surface area contributed by atoms with Gasteiger partial charge in [-0.1, -0.05) is 0 Å². The number of hydrogen-bond donors (Lipinski definition) is 0. The van der Waals surface area contributed by atoms with Crippen molar-refractivity contribution in [2.45, 2.75) is 11.4 Å². The SMILES string of the molecule is O=[N+]([O-])C(Br)Cc1ccc(Br)o1. The highest BCUT2D eigenvalue weighted by Crippen LogP contribution is 2.17. The Kier molecular flexibility index (Phi) is 3.28. The van der Waals surface area contributed by atoms with Crippen LogP contribution in [0.5, 0.6) is 0 Å². The van der Waals surface area contributed by atoms with Gasteiger partial charge in [0.15, 0.2) is 4.67 Å². The first-order valence-electron chi connectivity index (χ1n) is 3.11. The third kappa shape index (κ3) is 2.60.